The van der Waals surface area contributed by atoms with Crippen molar-refractivity contribution in [1.82, 2.24) is 4.98 Å². The Morgan fingerprint density at radius 2 is 1.00 bits per heavy atom. The second-order valence-electron chi connectivity index (χ2n) is 9.74. The molecule has 3 aromatic heterocycles. The Morgan fingerprint density at radius 1 is 0.614 bits per heavy atom. The number of amides is 2. The Morgan fingerprint density at radius 3 is 1.36 bits per heavy atom. The molecule has 0 bridgehead atoms. The molecule has 2 amide bonds. The molecule has 44 heavy (non-hydrogen) atoms. The molecule has 2 N–H and O–H groups in total. The number of rotatable bonds is 8. The zero-order chi connectivity index (χ0) is 31.4. The van der Waals surface area contributed by atoms with E-state index in [1.807, 2.05) is 62.4 Å². The summed E-state index contributed by atoms with van der Waals surface area (Å²) in [6.45, 7) is 3.93. The van der Waals surface area contributed by atoms with Crippen molar-refractivity contribution < 1.29 is 28.7 Å². The first-order valence-electron chi connectivity index (χ1n) is 13.3. The van der Waals surface area contributed by atoms with Crippen molar-refractivity contribution in [2.45, 2.75) is 13.8 Å². The van der Waals surface area contributed by atoms with Gasteiger partial charge in [0.2, 0.25) is 0 Å². The van der Waals surface area contributed by atoms with Crippen LogP contribution in [0.25, 0.3) is 22.3 Å². The van der Waals surface area contributed by atoms with Crippen LogP contribution in [-0.2, 0) is 9.47 Å². The number of nitrogens with one attached hydrogen (secondary N) is 2. The van der Waals surface area contributed by atoms with Gasteiger partial charge in [0.25, 0.3) is 11.8 Å². The Kier molecular flexibility index (Phi) is 8.98. The Bertz CT molecular complexity index is 1740. The molecule has 5 aromatic rings. The van der Waals surface area contributed by atoms with Gasteiger partial charge in [-0.05, 0) is 37.1 Å². The lowest BCUT2D eigenvalue weighted by Crippen LogP contribution is -2.19. The molecule has 0 aliphatic carbocycles. The van der Waals surface area contributed by atoms with E-state index in [1.54, 1.807) is 10.8 Å². The van der Waals surface area contributed by atoms with Crippen LogP contribution >= 0.6 is 22.7 Å². The van der Waals surface area contributed by atoms with Crippen LogP contribution in [0.5, 0.6) is 0 Å². The molecule has 9 nitrogen and oxygen atoms in total. The second kappa shape index (κ2) is 13.0. The third-order valence-corrected chi connectivity index (χ3v) is 8.55. The highest BCUT2D eigenvalue weighted by atomic mass is 32.1. The number of benzene rings is 2. The smallest absolute Gasteiger partial charge is 0.341 e. The summed E-state index contributed by atoms with van der Waals surface area (Å²) >= 11 is 2.36. The third-order valence-electron chi connectivity index (χ3n) is 6.75. The van der Waals surface area contributed by atoms with Gasteiger partial charge in [-0.3, -0.25) is 9.59 Å². The number of ether oxygens (including phenoxy) is 2. The molecule has 0 aliphatic rings. The standard InChI is InChI=1S/C33H27N3O6S2/c1-18-8-12-20(13-9-18)22-16-43-30(26(22)32(39)41-3)35-28(37)24-6-5-7-25(34-24)29(38)36-31-27(33(40)42-4)23(17-44-31)21-14-10-19(2)11-15-21/h5-17H,1-4H3,(H,35,37)(H,36,38). The van der Waals surface area contributed by atoms with Crippen molar-refractivity contribution in [3.8, 4) is 22.3 Å². The summed E-state index contributed by atoms with van der Waals surface area (Å²) in [5.41, 5.74) is 5.35. The van der Waals surface area contributed by atoms with Crippen LogP contribution in [0.4, 0.5) is 10.0 Å². The van der Waals surface area contributed by atoms with Gasteiger partial charge < -0.3 is 20.1 Å². The summed E-state index contributed by atoms with van der Waals surface area (Å²) in [6, 6.07) is 19.7. The number of esters is 2. The molecule has 0 saturated carbocycles. The van der Waals surface area contributed by atoms with Gasteiger partial charge in [-0.25, -0.2) is 14.6 Å². The van der Waals surface area contributed by atoms with Crippen molar-refractivity contribution >= 4 is 56.4 Å². The maximum absolute atomic E-state index is 13.3. The molecule has 3 heterocycles. The summed E-state index contributed by atoms with van der Waals surface area (Å²) in [6.07, 6.45) is 0. The molecular formula is C33H27N3O6S2. The molecule has 0 aliphatic heterocycles. The lowest BCUT2D eigenvalue weighted by atomic mass is 10.0. The average Bonchev–Trinajstić information content (AvgIpc) is 3.65. The van der Waals surface area contributed by atoms with Crippen LogP contribution in [0.3, 0.4) is 0 Å². The maximum Gasteiger partial charge on any atom is 0.341 e. The lowest BCUT2D eigenvalue weighted by molar-refractivity contribution is 0.0594. The molecule has 0 spiro atoms. The minimum atomic E-state index is -0.616. The summed E-state index contributed by atoms with van der Waals surface area (Å²) in [5, 5.41) is 9.61. The molecule has 0 radical (unpaired) electrons. The number of pyridine rings is 1. The van der Waals surface area contributed by atoms with E-state index in [1.165, 1.54) is 55.1 Å². The number of hydrogen-bond donors (Lipinski definition) is 2. The van der Waals surface area contributed by atoms with Crippen LogP contribution in [0.15, 0.2) is 77.5 Å². The molecule has 0 saturated heterocycles. The largest absolute Gasteiger partial charge is 0.465 e. The minimum absolute atomic E-state index is 0.0431. The van der Waals surface area contributed by atoms with Crippen molar-refractivity contribution in [2.24, 2.45) is 0 Å². The van der Waals surface area contributed by atoms with E-state index in [9.17, 15) is 19.2 Å². The summed E-state index contributed by atoms with van der Waals surface area (Å²) in [5.74, 6) is -2.42. The number of nitrogens with zero attached hydrogens (tertiary/aromatic N) is 1. The number of carbonyl (C=O) groups excluding carboxylic acids is 4. The Hall–Kier alpha value is -5.13. The first-order chi connectivity index (χ1) is 21.2. The number of thiophene rings is 2. The second-order valence-corrected chi connectivity index (χ2v) is 11.5. The van der Waals surface area contributed by atoms with E-state index in [4.69, 9.17) is 9.47 Å². The zero-order valence-corrected chi connectivity index (χ0v) is 25.9. The molecule has 2 aromatic carbocycles. The van der Waals surface area contributed by atoms with Crippen LogP contribution < -0.4 is 10.6 Å². The molecule has 0 unspecified atom stereocenters. The van der Waals surface area contributed by atoms with Gasteiger partial charge in [-0.15, -0.1) is 22.7 Å². The van der Waals surface area contributed by atoms with Crippen molar-refractivity contribution in [1.29, 1.82) is 0 Å². The van der Waals surface area contributed by atoms with Crippen LogP contribution in [0.1, 0.15) is 52.8 Å². The van der Waals surface area contributed by atoms with Crippen LogP contribution in [0, 0.1) is 13.8 Å². The highest BCUT2D eigenvalue weighted by Gasteiger charge is 2.25. The van der Waals surface area contributed by atoms with Crippen LogP contribution in [0.2, 0.25) is 0 Å². The van der Waals surface area contributed by atoms with Gasteiger partial charge >= 0.3 is 11.9 Å². The van der Waals surface area contributed by atoms with Crippen molar-refractivity contribution in [2.75, 3.05) is 24.9 Å². The molecule has 5 rings (SSSR count). The Labute approximate surface area is 261 Å². The van der Waals surface area contributed by atoms with E-state index in [2.05, 4.69) is 15.6 Å². The van der Waals surface area contributed by atoms with E-state index < -0.39 is 23.8 Å². The van der Waals surface area contributed by atoms with Gasteiger partial charge in [-0.2, -0.15) is 0 Å². The van der Waals surface area contributed by atoms with E-state index >= 15 is 0 Å². The highest BCUT2D eigenvalue weighted by molar-refractivity contribution is 7.15. The van der Waals surface area contributed by atoms with Crippen LogP contribution in [-0.4, -0.2) is 43.0 Å². The molecule has 0 atom stereocenters. The number of methoxy groups -OCH3 is 2. The van der Waals surface area contributed by atoms with E-state index in [0.717, 1.165) is 22.3 Å². The monoisotopic (exact) mass is 625 g/mol. The fourth-order valence-electron chi connectivity index (χ4n) is 4.42. The van der Waals surface area contributed by atoms with Crippen molar-refractivity contribution in [3.05, 3.63) is 111 Å². The van der Waals surface area contributed by atoms with Gasteiger partial charge in [0, 0.05) is 21.9 Å². The van der Waals surface area contributed by atoms with Gasteiger partial charge in [0.05, 0.1) is 14.2 Å². The first kappa shape index (κ1) is 30.3. The van der Waals surface area contributed by atoms with E-state index in [0.29, 0.717) is 21.1 Å². The fraction of sp³-hybridized carbons (Fsp3) is 0.121. The summed E-state index contributed by atoms with van der Waals surface area (Å²) < 4.78 is 10.0. The molecule has 222 valence electrons. The van der Waals surface area contributed by atoms with E-state index in [-0.39, 0.29) is 22.5 Å². The van der Waals surface area contributed by atoms with Crippen molar-refractivity contribution in [3.63, 3.8) is 0 Å². The SMILES string of the molecule is COC(=O)c1c(-c2ccc(C)cc2)csc1NC(=O)c1cccc(C(=O)Nc2scc(-c3ccc(C)cc3)c2C(=O)OC)n1. The minimum Gasteiger partial charge on any atom is -0.465 e. The first-order valence-corrected chi connectivity index (χ1v) is 15.1. The average molecular weight is 626 g/mol. The number of aromatic nitrogens is 1. The predicted molar refractivity (Wildman–Crippen MR) is 172 cm³/mol. The fourth-order valence-corrected chi connectivity index (χ4v) is 6.33. The molecular weight excluding hydrogens is 599 g/mol. The number of aryl methyl sites for hydroxylation is 2. The predicted octanol–water partition coefficient (Wildman–Crippen LogP) is 7.23. The lowest BCUT2D eigenvalue weighted by Gasteiger charge is -2.09. The number of anilines is 2. The normalized spacial score (nSPS) is 10.6. The van der Waals surface area contributed by atoms with Gasteiger partial charge in [0.1, 0.15) is 32.5 Å². The third kappa shape index (κ3) is 6.29. The van der Waals surface area contributed by atoms with Gasteiger partial charge in [-0.1, -0.05) is 65.7 Å². The molecule has 11 heteroatoms. The summed E-state index contributed by atoms with van der Waals surface area (Å²) in [4.78, 5) is 56.2. The quantitative estimate of drug-likeness (QED) is 0.174. The molecule has 0 fully saturated rings. The highest BCUT2D eigenvalue weighted by Crippen LogP contribution is 2.38. The number of hydrogen-bond acceptors (Lipinski definition) is 9. The number of carbonyl (C=O) groups is 4. The maximum atomic E-state index is 13.3. The van der Waals surface area contributed by atoms with Gasteiger partial charge in [0.15, 0.2) is 0 Å². The zero-order valence-electron chi connectivity index (χ0n) is 24.2. The summed E-state index contributed by atoms with van der Waals surface area (Å²) in [7, 11) is 2.55. The Balaban J connectivity index is 1.39. The topological polar surface area (TPSA) is 124 Å².